The van der Waals surface area contributed by atoms with Gasteiger partial charge in [0.05, 0.1) is 12.2 Å². The number of benzene rings is 1. The Balaban J connectivity index is 1.53. The Hall–Kier alpha value is -2.87. The van der Waals surface area contributed by atoms with Crippen LogP contribution in [-0.4, -0.2) is 33.9 Å². The third-order valence-electron chi connectivity index (χ3n) is 4.57. The second-order valence-corrected chi connectivity index (χ2v) is 7.90. The second-order valence-electron chi connectivity index (χ2n) is 7.04. The van der Waals surface area contributed by atoms with E-state index in [0.717, 1.165) is 27.6 Å². The molecule has 0 fully saturated rings. The summed E-state index contributed by atoms with van der Waals surface area (Å²) in [6.45, 7) is 5.23. The topological polar surface area (TPSA) is 78.3 Å². The normalized spacial score (nSPS) is 14.1. The van der Waals surface area contributed by atoms with Crippen LogP contribution < -0.4 is 14.8 Å². The molecule has 1 aliphatic heterocycles. The molecule has 3 aromatic rings. The van der Waals surface area contributed by atoms with E-state index >= 15 is 0 Å². The first-order valence-electron chi connectivity index (χ1n) is 9.16. The number of thiazole rings is 1. The zero-order chi connectivity index (χ0) is 19.7. The fraction of sp³-hybridized carbons (Fsp3) is 0.350. The lowest BCUT2D eigenvalue weighted by molar-refractivity contribution is 0.0921. The Morgan fingerprint density at radius 2 is 2.04 bits per heavy atom. The van der Waals surface area contributed by atoms with E-state index < -0.39 is 0 Å². The zero-order valence-electron chi connectivity index (χ0n) is 16.0. The van der Waals surface area contributed by atoms with Gasteiger partial charge in [-0.05, 0) is 23.6 Å². The average molecular weight is 398 g/mol. The molecule has 146 valence electrons. The summed E-state index contributed by atoms with van der Waals surface area (Å²) in [6.07, 6.45) is 3.62. The van der Waals surface area contributed by atoms with Crippen LogP contribution in [0, 0.1) is 5.92 Å². The van der Waals surface area contributed by atoms with Gasteiger partial charge in [0.2, 0.25) is 0 Å². The number of ether oxygens (including phenoxy) is 2. The van der Waals surface area contributed by atoms with Gasteiger partial charge < -0.3 is 14.8 Å². The van der Waals surface area contributed by atoms with Gasteiger partial charge in [0.15, 0.2) is 11.5 Å². The molecule has 1 atom stereocenters. The molecule has 2 aromatic heterocycles. The maximum Gasteiger partial charge on any atom is 0.271 e. The second kappa shape index (κ2) is 7.63. The predicted molar refractivity (Wildman–Crippen MR) is 107 cm³/mol. The Labute approximate surface area is 167 Å². The van der Waals surface area contributed by atoms with Crippen LogP contribution >= 0.6 is 11.3 Å². The molecular weight excluding hydrogens is 376 g/mol. The van der Waals surface area contributed by atoms with Gasteiger partial charge in [-0.2, -0.15) is 5.10 Å². The van der Waals surface area contributed by atoms with E-state index in [2.05, 4.69) is 29.2 Å². The molecule has 1 aromatic carbocycles. The maximum atomic E-state index is 12.8. The number of aromatic nitrogens is 3. The van der Waals surface area contributed by atoms with E-state index in [1.165, 1.54) is 11.3 Å². The van der Waals surface area contributed by atoms with Crippen LogP contribution in [0.2, 0.25) is 0 Å². The Morgan fingerprint density at radius 3 is 2.75 bits per heavy atom. The number of hydrogen-bond donors (Lipinski definition) is 1. The highest BCUT2D eigenvalue weighted by Gasteiger charge is 2.23. The number of rotatable bonds is 5. The molecule has 0 aliphatic carbocycles. The first-order chi connectivity index (χ1) is 13.5. The van der Waals surface area contributed by atoms with Crippen molar-refractivity contribution in [1.82, 2.24) is 20.1 Å². The molecular formula is C20H22N4O3S. The molecule has 0 saturated heterocycles. The van der Waals surface area contributed by atoms with Crippen LogP contribution in [-0.2, 0) is 7.05 Å². The fourth-order valence-corrected chi connectivity index (χ4v) is 3.92. The van der Waals surface area contributed by atoms with E-state index in [9.17, 15) is 4.79 Å². The Bertz CT molecular complexity index is 995. The molecule has 1 N–H and O–H groups in total. The lowest BCUT2D eigenvalue weighted by Crippen LogP contribution is -2.32. The summed E-state index contributed by atoms with van der Waals surface area (Å²) >= 11 is 1.43. The molecule has 1 amide bonds. The number of nitrogens with zero attached hydrogens (tertiary/aromatic N) is 3. The standard InChI is InChI=1S/C20H22N4O3S/c1-12(2)18(13-4-5-16-17(8-13)27-7-6-26-16)23-19(25)15-11-28-20(22-15)14-9-21-24(3)10-14/h4-5,8-12,18H,6-7H2,1-3H3,(H,23,25)/t18-/m0/s1. The molecule has 1 aliphatic rings. The lowest BCUT2D eigenvalue weighted by atomic mass is 9.95. The summed E-state index contributed by atoms with van der Waals surface area (Å²) in [4.78, 5) is 17.3. The smallest absolute Gasteiger partial charge is 0.271 e. The minimum Gasteiger partial charge on any atom is -0.486 e. The van der Waals surface area contributed by atoms with Crippen LogP contribution in [0.15, 0.2) is 36.0 Å². The highest BCUT2D eigenvalue weighted by Crippen LogP contribution is 2.34. The Kier molecular flexibility index (Phi) is 5.04. The van der Waals surface area contributed by atoms with Crippen LogP contribution in [0.3, 0.4) is 0 Å². The summed E-state index contributed by atoms with van der Waals surface area (Å²) < 4.78 is 13.0. The lowest BCUT2D eigenvalue weighted by Gasteiger charge is -2.25. The Morgan fingerprint density at radius 1 is 1.25 bits per heavy atom. The first kappa shape index (κ1) is 18.5. The number of aryl methyl sites for hydroxylation is 1. The number of hydrogen-bond acceptors (Lipinski definition) is 6. The van der Waals surface area contributed by atoms with Gasteiger partial charge in [-0.15, -0.1) is 11.3 Å². The largest absolute Gasteiger partial charge is 0.486 e. The SMILES string of the molecule is CC(C)[C@H](NC(=O)c1csc(-c2cnn(C)c2)n1)c1ccc2c(c1)OCCO2. The van der Waals surface area contributed by atoms with Gasteiger partial charge in [0.25, 0.3) is 5.91 Å². The molecule has 0 unspecified atom stereocenters. The van der Waals surface area contributed by atoms with Gasteiger partial charge in [0.1, 0.15) is 23.9 Å². The number of carbonyl (C=O) groups is 1. The van der Waals surface area contributed by atoms with Crippen molar-refractivity contribution in [3.05, 3.63) is 47.2 Å². The molecule has 0 radical (unpaired) electrons. The van der Waals surface area contributed by atoms with Crippen molar-refractivity contribution in [2.45, 2.75) is 19.9 Å². The van der Waals surface area contributed by atoms with Gasteiger partial charge in [0, 0.05) is 24.2 Å². The quantitative estimate of drug-likeness (QED) is 0.712. The van der Waals surface area contributed by atoms with E-state index in [4.69, 9.17) is 9.47 Å². The van der Waals surface area contributed by atoms with Gasteiger partial charge in [-0.25, -0.2) is 4.98 Å². The number of amides is 1. The van der Waals surface area contributed by atoms with Crippen LogP contribution in [0.4, 0.5) is 0 Å². The fourth-order valence-electron chi connectivity index (χ4n) is 3.15. The average Bonchev–Trinajstić information content (AvgIpc) is 3.34. The highest BCUT2D eigenvalue weighted by molar-refractivity contribution is 7.13. The third kappa shape index (κ3) is 3.73. The van der Waals surface area contributed by atoms with Gasteiger partial charge >= 0.3 is 0 Å². The van der Waals surface area contributed by atoms with Crippen LogP contribution in [0.5, 0.6) is 11.5 Å². The van der Waals surface area contributed by atoms with Crippen molar-refractivity contribution in [3.8, 4) is 22.1 Å². The first-order valence-corrected chi connectivity index (χ1v) is 10.0. The number of nitrogens with one attached hydrogen (secondary N) is 1. The minimum atomic E-state index is -0.194. The van der Waals surface area contributed by atoms with Crippen LogP contribution in [0.1, 0.15) is 35.9 Å². The highest BCUT2D eigenvalue weighted by atomic mass is 32.1. The summed E-state index contributed by atoms with van der Waals surface area (Å²) in [5.74, 6) is 1.46. The third-order valence-corrected chi connectivity index (χ3v) is 5.46. The molecule has 4 rings (SSSR count). The monoisotopic (exact) mass is 398 g/mol. The summed E-state index contributed by atoms with van der Waals surface area (Å²) in [7, 11) is 1.85. The van der Waals surface area contributed by atoms with Gasteiger partial charge in [-0.3, -0.25) is 9.48 Å². The van der Waals surface area contributed by atoms with E-state index in [1.54, 1.807) is 16.3 Å². The van der Waals surface area contributed by atoms with Crippen molar-refractivity contribution in [1.29, 1.82) is 0 Å². The molecule has 3 heterocycles. The van der Waals surface area contributed by atoms with Crippen molar-refractivity contribution in [3.63, 3.8) is 0 Å². The van der Waals surface area contributed by atoms with Crippen molar-refractivity contribution in [2.75, 3.05) is 13.2 Å². The molecule has 7 nitrogen and oxygen atoms in total. The summed E-state index contributed by atoms with van der Waals surface area (Å²) in [5, 5.41) is 9.82. The van der Waals surface area contributed by atoms with Crippen molar-refractivity contribution in [2.24, 2.45) is 13.0 Å². The summed E-state index contributed by atoms with van der Waals surface area (Å²) in [5.41, 5.74) is 2.29. The molecule has 28 heavy (non-hydrogen) atoms. The maximum absolute atomic E-state index is 12.8. The van der Waals surface area contributed by atoms with Crippen molar-refractivity contribution < 1.29 is 14.3 Å². The van der Waals surface area contributed by atoms with Crippen LogP contribution in [0.25, 0.3) is 10.6 Å². The van der Waals surface area contributed by atoms with E-state index in [0.29, 0.717) is 18.9 Å². The van der Waals surface area contributed by atoms with Crippen molar-refractivity contribution >= 4 is 17.2 Å². The van der Waals surface area contributed by atoms with Gasteiger partial charge in [-0.1, -0.05) is 19.9 Å². The van der Waals surface area contributed by atoms with E-state index in [-0.39, 0.29) is 17.9 Å². The minimum absolute atomic E-state index is 0.160. The molecule has 8 heteroatoms. The zero-order valence-corrected chi connectivity index (χ0v) is 16.8. The summed E-state index contributed by atoms with van der Waals surface area (Å²) in [6, 6.07) is 5.66. The molecule has 0 bridgehead atoms. The number of fused-ring (bicyclic) bond motifs is 1. The molecule has 0 spiro atoms. The van der Waals surface area contributed by atoms with E-state index in [1.807, 2.05) is 31.4 Å². The number of carbonyl (C=O) groups excluding carboxylic acids is 1. The predicted octanol–water partition coefficient (Wildman–Crippen LogP) is 3.44. The molecule has 0 saturated carbocycles.